The first-order valence-corrected chi connectivity index (χ1v) is 2.91. The highest BCUT2D eigenvalue weighted by Crippen LogP contribution is 2.38. The van der Waals surface area contributed by atoms with Gasteiger partial charge in [0.15, 0.2) is 0 Å². The van der Waals surface area contributed by atoms with Crippen LogP contribution in [-0.4, -0.2) is 13.3 Å². The van der Waals surface area contributed by atoms with Crippen LogP contribution in [0.25, 0.3) is 0 Å². The fourth-order valence-electron chi connectivity index (χ4n) is 0.835. The van der Waals surface area contributed by atoms with E-state index in [1.54, 1.807) is 6.07 Å². The van der Waals surface area contributed by atoms with Gasteiger partial charge in [-0.05, 0) is 6.08 Å². The molecule has 0 amide bonds. The summed E-state index contributed by atoms with van der Waals surface area (Å²) >= 11 is 0. The zero-order valence-corrected chi connectivity index (χ0v) is 5.27. The number of alkyl halides is 2. The van der Waals surface area contributed by atoms with Crippen molar-refractivity contribution in [1.82, 2.24) is 0 Å². The molecule has 1 radical (unpaired) electrons. The minimum absolute atomic E-state index is 0.692. The molecule has 0 aromatic rings. The SMILES string of the molecule is N#CC1[C]=CC1(CF)CF. The molecular formula is C7H6F2N. The maximum Gasteiger partial charge on any atom is 0.103 e. The summed E-state index contributed by atoms with van der Waals surface area (Å²) in [5.74, 6) is -0.692. The molecule has 10 heavy (non-hydrogen) atoms. The van der Waals surface area contributed by atoms with Crippen molar-refractivity contribution in [3.05, 3.63) is 12.2 Å². The van der Waals surface area contributed by atoms with E-state index in [9.17, 15) is 8.78 Å². The van der Waals surface area contributed by atoms with Gasteiger partial charge >= 0.3 is 0 Å². The minimum atomic E-state index is -1.16. The van der Waals surface area contributed by atoms with Gasteiger partial charge in [0.25, 0.3) is 0 Å². The average molecular weight is 142 g/mol. The van der Waals surface area contributed by atoms with E-state index in [0.29, 0.717) is 0 Å². The maximum absolute atomic E-state index is 12.1. The lowest BCUT2D eigenvalue weighted by atomic mass is 9.69. The first kappa shape index (κ1) is 7.20. The summed E-state index contributed by atoms with van der Waals surface area (Å²) in [6.45, 7) is -1.62. The molecule has 0 aromatic carbocycles. The lowest BCUT2D eigenvalue weighted by molar-refractivity contribution is 0.150. The molecule has 1 nitrogen and oxygen atoms in total. The van der Waals surface area contributed by atoms with E-state index in [0.717, 1.165) is 0 Å². The second-order valence-corrected chi connectivity index (χ2v) is 2.37. The molecule has 0 saturated heterocycles. The Hall–Kier alpha value is -0.910. The van der Waals surface area contributed by atoms with Crippen LogP contribution in [0.15, 0.2) is 6.08 Å². The molecule has 3 heteroatoms. The lowest BCUT2D eigenvalue weighted by Crippen LogP contribution is -2.38. The molecule has 1 aliphatic carbocycles. The maximum atomic E-state index is 12.1. The third-order valence-electron chi connectivity index (χ3n) is 1.74. The van der Waals surface area contributed by atoms with Crippen LogP contribution >= 0.6 is 0 Å². The molecule has 0 saturated carbocycles. The van der Waals surface area contributed by atoms with E-state index in [-0.39, 0.29) is 0 Å². The van der Waals surface area contributed by atoms with Crippen LogP contribution in [0.3, 0.4) is 0 Å². The number of allylic oxidation sites excluding steroid dienone is 2. The second kappa shape index (κ2) is 2.37. The van der Waals surface area contributed by atoms with Gasteiger partial charge in [0.1, 0.15) is 13.3 Å². The standard InChI is InChI=1S/C7H6F2N/c8-4-7(5-9)2-1-6(7)3-10/h2,6H,4-5H2. The van der Waals surface area contributed by atoms with Crippen LogP contribution in [0.1, 0.15) is 0 Å². The third-order valence-corrected chi connectivity index (χ3v) is 1.74. The van der Waals surface area contributed by atoms with Crippen molar-refractivity contribution in [2.24, 2.45) is 11.3 Å². The molecule has 0 aromatic heterocycles. The van der Waals surface area contributed by atoms with Gasteiger partial charge in [-0.2, -0.15) is 5.26 Å². The van der Waals surface area contributed by atoms with E-state index in [1.807, 2.05) is 0 Å². The van der Waals surface area contributed by atoms with Crippen molar-refractivity contribution in [3.8, 4) is 6.07 Å². The van der Waals surface area contributed by atoms with Gasteiger partial charge in [0.2, 0.25) is 0 Å². The molecule has 0 bridgehead atoms. The zero-order valence-electron chi connectivity index (χ0n) is 5.27. The average Bonchev–Trinajstić information content (AvgIpc) is 1.90. The Kier molecular flexibility index (Phi) is 1.71. The molecule has 1 rings (SSSR count). The van der Waals surface area contributed by atoms with Crippen LogP contribution in [0.4, 0.5) is 8.78 Å². The minimum Gasteiger partial charge on any atom is -0.250 e. The van der Waals surface area contributed by atoms with Gasteiger partial charge in [0, 0.05) is 0 Å². The zero-order chi connectivity index (χ0) is 7.61. The van der Waals surface area contributed by atoms with E-state index >= 15 is 0 Å². The van der Waals surface area contributed by atoms with Crippen molar-refractivity contribution < 1.29 is 8.78 Å². The summed E-state index contributed by atoms with van der Waals surface area (Å²) in [7, 11) is 0. The normalized spacial score (nSPS) is 27.1. The molecule has 1 unspecified atom stereocenters. The number of hydrogen-bond donors (Lipinski definition) is 0. The van der Waals surface area contributed by atoms with Crippen LogP contribution in [0, 0.1) is 28.7 Å². The Morgan fingerprint density at radius 1 is 1.60 bits per heavy atom. The number of halogens is 2. The fourth-order valence-corrected chi connectivity index (χ4v) is 0.835. The van der Waals surface area contributed by atoms with Crippen molar-refractivity contribution in [3.63, 3.8) is 0 Å². The summed E-state index contributed by atoms with van der Waals surface area (Å²) in [6.07, 6.45) is 3.83. The molecular weight excluding hydrogens is 136 g/mol. The van der Waals surface area contributed by atoms with Crippen molar-refractivity contribution in [2.75, 3.05) is 13.3 Å². The molecule has 53 valence electrons. The summed E-state index contributed by atoms with van der Waals surface area (Å²) < 4.78 is 24.1. The molecule has 0 N–H and O–H groups in total. The number of nitrogens with zero attached hydrogens (tertiary/aromatic N) is 1. The van der Waals surface area contributed by atoms with Crippen molar-refractivity contribution >= 4 is 0 Å². The van der Waals surface area contributed by atoms with Crippen LogP contribution in [0.5, 0.6) is 0 Å². The topological polar surface area (TPSA) is 23.8 Å². The first-order chi connectivity index (χ1) is 4.79. The lowest BCUT2D eigenvalue weighted by Gasteiger charge is -2.33. The van der Waals surface area contributed by atoms with E-state index in [2.05, 4.69) is 6.08 Å². The highest BCUT2D eigenvalue weighted by atomic mass is 19.1. The predicted octanol–water partition coefficient (Wildman–Crippen LogP) is 1.42. The Bertz CT molecular complexity index is 188. The van der Waals surface area contributed by atoms with Gasteiger partial charge in [0.05, 0.1) is 17.4 Å². The van der Waals surface area contributed by atoms with Crippen LogP contribution < -0.4 is 0 Å². The molecule has 0 fully saturated rings. The highest BCUT2D eigenvalue weighted by Gasteiger charge is 2.42. The molecule has 0 aliphatic heterocycles. The second-order valence-electron chi connectivity index (χ2n) is 2.37. The predicted molar refractivity (Wildman–Crippen MR) is 31.3 cm³/mol. The first-order valence-electron chi connectivity index (χ1n) is 2.91. The summed E-state index contributed by atoms with van der Waals surface area (Å²) in [6, 6.07) is 1.77. The van der Waals surface area contributed by atoms with E-state index in [1.165, 1.54) is 6.08 Å². The number of rotatable bonds is 2. The Morgan fingerprint density at radius 2 is 2.20 bits per heavy atom. The quantitative estimate of drug-likeness (QED) is 0.572. The smallest absolute Gasteiger partial charge is 0.103 e. The largest absolute Gasteiger partial charge is 0.250 e. The molecule has 0 spiro atoms. The Labute approximate surface area is 58.0 Å². The number of hydrogen-bond acceptors (Lipinski definition) is 1. The van der Waals surface area contributed by atoms with Gasteiger partial charge in [-0.25, -0.2) is 8.78 Å². The summed E-state index contributed by atoms with van der Waals surface area (Å²) in [5, 5.41) is 8.32. The molecule has 1 atom stereocenters. The van der Waals surface area contributed by atoms with E-state index in [4.69, 9.17) is 5.26 Å². The van der Waals surface area contributed by atoms with Gasteiger partial charge < -0.3 is 0 Å². The highest BCUT2D eigenvalue weighted by molar-refractivity contribution is 5.21. The van der Waals surface area contributed by atoms with Gasteiger partial charge in [-0.3, -0.25) is 0 Å². The van der Waals surface area contributed by atoms with Crippen molar-refractivity contribution in [2.45, 2.75) is 0 Å². The van der Waals surface area contributed by atoms with Crippen LogP contribution in [-0.2, 0) is 0 Å². The van der Waals surface area contributed by atoms with Crippen LogP contribution in [0.2, 0.25) is 0 Å². The van der Waals surface area contributed by atoms with Gasteiger partial charge in [-0.15, -0.1) is 0 Å². The molecule has 0 heterocycles. The van der Waals surface area contributed by atoms with E-state index < -0.39 is 24.7 Å². The van der Waals surface area contributed by atoms with Gasteiger partial charge in [-0.1, -0.05) is 6.08 Å². The third kappa shape index (κ3) is 0.722. The summed E-state index contributed by atoms with van der Waals surface area (Å²) in [5.41, 5.74) is -1.16. The number of nitriles is 1. The Morgan fingerprint density at radius 3 is 2.30 bits per heavy atom. The fraction of sp³-hybridized carbons (Fsp3) is 0.571. The summed E-state index contributed by atoms with van der Waals surface area (Å²) in [4.78, 5) is 0. The monoisotopic (exact) mass is 142 g/mol. The Balaban J connectivity index is 2.72. The molecule has 1 aliphatic rings. The van der Waals surface area contributed by atoms with Crippen molar-refractivity contribution in [1.29, 1.82) is 5.26 Å².